The van der Waals surface area contributed by atoms with Crippen molar-refractivity contribution in [2.45, 2.75) is 69.5 Å². The summed E-state index contributed by atoms with van der Waals surface area (Å²) < 4.78 is 53.6. The van der Waals surface area contributed by atoms with E-state index in [0.717, 1.165) is 42.0 Å². The zero-order chi connectivity index (χ0) is 31.9. The zero-order valence-electron chi connectivity index (χ0n) is 25.6. The van der Waals surface area contributed by atoms with Crippen LogP contribution in [0.4, 0.5) is 10.1 Å². The minimum atomic E-state index is -4.30. The Morgan fingerprint density at radius 3 is 2.18 bits per heavy atom. The summed E-state index contributed by atoms with van der Waals surface area (Å²) in [7, 11) is -1.45. The predicted molar refractivity (Wildman–Crippen MR) is 167 cm³/mol. The van der Waals surface area contributed by atoms with Crippen molar-refractivity contribution in [3.63, 3.8) is 0 Å². The molecule has 1 N–H and O–H groups in total. The number of carbonyl (C=O) groups is 2. The van der Waals surface area contributed by atoms with Gasteiger partial charge < -0.3 is 19.7 Å². The quantitative estimate of drug-likeness (QED) is 0.296. The molecule has 0 aromatic heterocycles. The number of ether oxygens (including phenoxy) is 2. The van der Waals surface area contributed by atoms with E-state index in [1.165, 1.54) is 49.5 Å². The maximum absolute atomic E-state index is 14.1. The van der Waals surface area contributed by atoms with Gasteiger partial charge in [0.05, 0.1) is 24.8 Å². The molecule has 2 amide bonds. The molecule has 0 saturated heterocycles. The van der Waals surface area contributed by atoms with E-state index in [1.807, 2.05) is 6.92 Å². The summed E-state index contributed by atoms with van der Waals surface area (Å²) in [6.45, 7) is 2.90. The number of carbonyl (C=O) groups excluding carboxylic acids is 2. The van der Waals surface area contributed by atoms with E-state index in [2.05, 4.69) is 5.32 Å². The van der Waals surface area contributed by atoms with Gasteiger partial charge in [-0.15, -0.1) is 0 Å². The number of aryl methyl sites for hydroxylation is 1. The molecule has 0 bridgehead atoms. The number of anilines is 1. The number of hydrogen-bond donors (Lipinski definition) is 1. The fourth-order valence-corrected chi connectivity index (χ4v) is 6.71. The summed E-state index contributed by atoms with van der Waals surface area (Å²) in [4.78, 5) is 28.8. The third-order valence-electron chi connectivity index (χ3n) is 7.93. The molecule has 1 fully saturated rings. The third-order valence-corrected chi connectivity index (χ3v) is 9.70. The molecule has 0 aliphatic heterocycles. The monoisotopic (exact) mass is 625 g/mol. The molecule has 44 heavy (non-hydrogen) atoms. The van der Waals surface area contributed by atoms with Gasteiger partial charge in [0.1, 0.15) is 18.4 Å². The molecule has 0 spiro atoms. The summed E-state index contributed by atoms with van der Waals surface area (Å²) in [6, 6.07) is 15.7. The van der Waals surface area contributed by atoms with Crippen molar-refractivity contribution < 1.29 is 31.9 Å². The second kappa shape index (κ2) is 14.6. The predicted octanol–water partition coefficient (Wildman–Crippen LogP) is 5.21. The topological polar surface area (TPSA) is 105 Å². The maximum Gasteiger partial charge on any atom is 0.264 e. The van der Waals surface area contributed by atoms with Crippen LogP contribution in [0, 0.1) is 12.7 Å². The van der Waals surface area contributed by atoms with E-state index >= 15 is 0 Å². The second-order valence-corrected chi connectivity index (χ2v) is 12.9. The first kappa shape index (κ1) is 32.8. The average Bonchev–Trinajstić information content (AvgIpc) is 3.03. The van der Waals surface area contributed by atoms with Crippen LogP contribution in [0.5, 0.6) is 11.5 Å². The van der Waals surface area contributed by atoms with Crippen molar-refractivity contribution >= 4 is 27.5 Å². The number of amides is 2. The van der Waals surface area contributed by atoms with E-state index in [9.17, 15) is 22.4 Å². The SMILES string of the molecule is COc1ccc(S(=O)(=O)N(CC(=O)N(Cc2ccc(F)cc2)C(C)C(=O)NC2CCCCC2)c2ccc(C)cc2)cc1OC. The molecule has 9 nitrogen and oxygen atoms in total. The number of hydrogen-bond acceptors (Lipinski definition) is 6. The molecule has 11 heteroatoms. The molecule has 1 saturated carbocycles. The van der Waals surface area contributed by atoms with Gasteiger partial charge in [0.15, 0.2) is 11.5 Å². The molecule has 4 rings (SSSR count). The Kier molecular flexibility index (Phi) is 10.9. The Hall–Kier alpha value is -4.12. The van der Waals surface area contributed by atoms with Crippen LogP contribution in [-0.2, 0) is 26.2 Å². The number of nitrogens with one attached hydrogen (secondary N) is 1. The number of sulfonamides is 1. The maximum atomic E-state index is 14.1. The number of rotatable bonds is 12. The van der Waals surface area contributed by atoms with E-state index in [4.69, 9.17) is 9.47 Å². The minimum Gasteiger partial charge on any atom is -0.493 e. The summed E-state index contributed by atoms with van der Waals surface area (Å²) in [6.07, 6.45) is 4.92. The van der Waals surface area contributed by atoms with E-state index in [1.54, 1.807) is 43.3 Å². The fourth-order valence-electron chi connectivity index (χ4n) is 5.28. The lowest BCUT2D eigenvalue weighted by molar-refractivity contribution is -0.139. The number of nitrogens with zero attached hydrogens (tertiary/aromatic N) is 2. The Labute approximate surface area is 259 Å². The van der Waals surface area contributed by atoms with Crippen molar-refractivity contribution in [3.05, 3.63) is 83.7 Å². The molecular formula is C33H40FN3O6S. The second-order valence-electron chi connectivity index (χ2n) is 11.0. The Morgan fingerprint density at radius 2 is 1.57 bits per heavy atom. The molecule has 0 heterocycles. The van der Waals surface area contributed by atoms with Gasteiger partial charge in [-0.05, 0) is 68.7 Å². The molecule has 1 aliphatic carbocycles. The molecule has 1 aliphatic rings. The fraction of sp³-hybridized carbons (Fsp3) is 0.394. The van der Waals surface area contributed by atoms with Gasteiger partial charge in [-0.2, -0.15) is 0 Å². The van der Waals surface area contributed by atoms with Crippen LogP contribution >= 0.6 is 0 Å². The lowest BCUT2D eigenvalue weighted by Gasteiger charge is -2.33. The van der Waals surface area contributed by atoms with Gasteiger partial charge in [0.25, 0.3) is 10.0 Å². The highest BCUT2D eigenvalue weighted by Gasteiger charge is 2.33. The first-order chi connectivity index (χ1) is 21.0. The third kappa shape index (κ3) is 7.88. The number of halogens is 1. The summed E-state index contributed by atoms with van der Waals surface area (Å²) in [5.41, 5.74) is 1.79. The van der Waals surface area contributed by atoms with Crippen LogP contribution in [0.2, 0.25) is 0 Å². The summed E-state index contributed by atoms with van der Waals surface area (Å²) >= 11 is 0. The Morgan fingerprint density at radius 1 is 0.932 bits per heavy atom. The summed E-state index contributed by atoms with van der Waals surface area (Å²) in [5, 5.41) is 3.07. The molecule has 1 unspecified atom stereocenters. The molecule has 3 aromatic carbocycles. The lowest BCUT2D eigenvalue weighted by Crippen LogP contribution is -2.53. The van der Waals surface area contributed by atoms with E-state index < -0.39 is 34.3 Å². The summed E-state index contributed by atoms with van der Waals surface area (Å²) in [5.74, 6) is -0.772. The highest BCUT2D eigenvalue weighted by atomic mass is 32.2. The Balaban J connectivity index is 1.70. The first-order valence-electron chi connectivity index (χ1n) is 14.7. The van der Waals surface area contributed by atoms with Crippen LogP contribution in [0.15, 0.2) is 71.6 Å². The van der Waals surface area contributed by atoms with Gasteiger partial charge in [-0.3, -0.25) is 13.9 Å². The van der Waals surface area contributed by atoms with Crippen LogP contribution in [0.25, 0.3) is 0 Å². The largest absolute Gasteiger partial charge is 0.493 e. The average molecular weight is 626 g/mol. The van der Waals surface area contributed by atoms with Gasteiger partial charge in [0, 0.05) is 18.7 Å². The smallest absolute Gasteiger partial charge is 0.264 e. The van der Waals surface area contributed by atoms with Crippen LogP contribution in [0.3, 0.4) is 0 Å². The van der Waals surface area contributed by atoms with Crippen LogP contribution in [-0.4, -0.2) is 58.0 Å². The highest BCUT2D eigenvalue weighted by molar-refractivity contribution is 7.92. The molecule has 3 aromatic rings. The minimum absolute atomic E-state index is 0.0174. The van der Waals surface area contributed by atoms with Gasteiger partial charge >= 0.3 is 0 Å². The lowest BCUT2D eigenvalue weighted by atomic mass is 9.95. The van der Waals surface area contributed by atoms with Gasteiger partial charge in [0.2, 0.25) is 11.8 Å². The Bertz CT molecular complexity index is 1540. The molecule has 236 valence electrons. The van der Waals surface area contributed by atoms with Crippen molar-refractivity contribution in [2.75, 3.05) is 25.1 Å². The molecule has 0 radical (unpaired) electrons. The number of benzene rings is 3. The standard InChI is InChI=1S/C33H40FN3O6S/c1-23-10-16-28(17-11-23)37(44(40,41)29-18-19-30(42-3)31(20-29)43-4)22-32(38)36(21-25-12-14-26(34)15-13-25)24(2)33(39)35-27-8-6-5-7-9-27/h10-20,24,27H,5-9,21-22H2,1-4H3,(H,35,39). The van der Waals surface area contributed by atoms with Crippen LogP contribution < -0.4 is 19.1 Å². The normalized spacial score (nSPS) is 14.4. The van der Waals surface area contributed by atoms with Crippen molar-refractivity contribution in [1.82, 2.24) is 10.2 Å². The van der Waals surface area contributed by atoms with Crippen molar-refractivity contribution in [2.24, 2.45) is 0 Å². The van der Waals surface area contributed by atoms with Gasteiger partial charge in [-0.25, -0.2) is 12.8 Å². The zero-order valence-corrected chi connectivity index (χ0v) is 26.4. The van der Waals surface area contributed by atoms with Crippen molar-refractivity contribution in [3.8, 4) is 11.5 Å². The first-order valence-corrected chi connectivity index (χ1v) is 16.1. The molecular weight excluding hydrogens is 585 g/mol. The highest BCUT2D eigenvalue weighted by Crippen LogP contribution is 2.32. The van der Waals surface area contributed by atoms with Crippen LogP contribution in [0.1, 0.15) is 50.2 Å². The van der Waals surface area contributed by atoms with E-state index in [-0.39, 0.29) is 34.8 Å². The molecule has 1 atom stereocenters. The number of methoxy groups -OCH3 is 2. The van der Waals surface area contributed by atoms with E-state index in [0.29, 0.717) is 11.3 Å². The van der Waals surface area contributed by atoms with Gasteiger partial charge in [-0.1, -0.05) is 49.1 Å². The van der Waals surface area contributed by atoms with Crippen molar-refractivity contribution in [1.29, 1.82) is 0 Å².